The number of rotatable bonds is 4. The van der Waals surface area contributed by atoms with E-state index in [1.807, 2.05) is 13.8 Å². The average molecular weight is 408 g/mol. The van der Waals surface area contributed by atoms with E-state index in [4.69, 9.17) is 4.42 Å². The Labute approximate surface area is 172 Å². The van der Waals surface area contributed by atoms with Gasteiger partial charge in [0.2, 0.25) is 5.71 Å². The molecule has 0 atom stereocenters. The summed E-state index contributed by atoms with van der Waals surface area (Å²) in [5.74, 6) is 1.61. The van der Waals surface area contributed by atoms with Gasteiger partial charge in [-0.2, -0.15) is 0 Å². The molecule has 156 valence electrons. The molecule has 0 spiro atoms. The third kappa shape index (κ3) is 2.96. The van der Waals surface area contributed by atoms with Crippen molar-refractivity contribution >= 4 is 22.8 Å². The molecule has 0 radical (unpaired) electrons. The molecule has 30 heavy (non-hydrogen) atoms. The van der Waals surface area contributed by atoms with Crippen molar-refractivity contribution in [3.63, 3.8) is 0 Å². The molecule has 0 bridgehead atoms. The highest BCUT2D eigenvalue weighted by Gasteiger charge is 2.39. The number of aromatic nitrogens is 4. The van der Waals surface area contributed by atoms with Crippen molar-refractivity contribution in [2.45, 2.75) is 65.1 Å². The van der Waals surface area contributed by atoms with Crippen LogP contribution < -0.4 is 10.9 Å². The molecular weight excluding hydrogens is 384 g/mol. The lowest BCUT2D eigenvalue weighted by Crippen LogP contribution is -2.27. The van der Waals surface area contributed by atoms with E-state index in [9.17, 15) is 9.59 Å². The monoisotopic (exact) mass is 408 g/mol. The first-order valence-electron chi connectivity index (χ1n) is 10.2. The molecule has 9 nitrogen and oxygen atoms in total. The smallest absolute Gasteiger partial charge is 0.258 e. The molecule has 3 aromatic rings. The second kappa shape index (κ2) is 6.38. The van der Waals surface area contributed by atoms with Gasteiger partial charge in [-0.25, -0.2) is 15.0 Å². The van der Waals surface area contributed by atoms with Crippen molar-refractivity contribution in [2.24, 2.45) is 0 Å². The summed E-state index contributed by atoms with van der Waals surface area (Å²) in [5.41, 5.74) is 1.82. The number of aromatic amines is 1. The van der Waals surface area contributed by atoms with Crippen molar-refractivity contribution < 1.29 is 9.21 Å². The first-order valence-corrected chi connectivity index (χ1v) is 10.2. The van der Waals surface area contributed by atoms with E-state index < -0.39 is 0 Å². The number of fused-ring (bicyclic) bond motifs is 2. The molecular formula is C21H24N6O3. The van der Waals surface area contributed by atoms with Gasteiger partial charge in [0.05, 0.1) is 35.3 Å². The fourth-order valence-corrected chi connectivity index (χ4v) is 3.86. The summed E-state index contributed by atoms with van der Waals surface area (Å²) in [6.45, 7) is 8.32. The number of nitrogens with one attached hydrogen (secondary N) is 2. The van der Waals surface area contributed by atoms with Gasteiger partial charge in [0.25, 0.3) is 11.5 Å². The lowest BCUT2D eigenvalue weighted by Gasteiger charge is -2.16. The highest BCUT2D eigenvalue weighted by Crippen LogP contribution is 2.40. The molecule has 0 aromatic carbocycles. The number of H-pyrrole nitrogens is 1. The summed E-state index contributed by atoms with van der Waals surface area (Å²) >= 11 is 0. The maximum atomic E-state index is 13.5. The Morgan fingerprint density at radius 1 is 1.30 bits per heavy atom. The van der Waals surface area contributed by atoms with Gasteiger partial charge in [0.1, 0.15) is 23.7 Å². The van der Waals surface area contributed by atoms with Gasteiger partial charge in [-0.1, -0.05) is 13.8 Å². The van der Waals surface area contributed by atoms with E-state index in [2.05, 4.69) is 32.2 Å². The predicted octanol–water partition coefficient (Wildman–Crippen LogP) is 2.86. The number of anilines is 1. The molecule has 0 saturated heterocycles. The summed E-state index contributed by atoms with van der Waals surface area (Å²) in [6.07, 6.45) is 3.54. The fraction of sp³-hybridized carbons (Fsp3) is 0.476. The molecule has 1 aliphatic heterocycles. The summed E-state index contributed by atoms with van der Waals surface area (Å²) in [4.78, 5) is 43.7. The van der Waals surface area contributed by atoms with Crippen LogP contribution in [0.2, 0.25) is 0 Å². The van der Waals surface area contributed by atoms with Crippen LogP contribution in [0.15, 0.2) is 15.5 Å². The Morgan fingerprint density at radius 3 is 2.77 bits per heavy atom. The van der Waals surface area contributed by atoms with E-state index in [1.54, 1.807) is 11.8 Å². The number of hydrogen-bond donors (Lipinski definition) is 2. The van der Waals surface area contributed by atoms with Gasteiger partial charge in [0, 0.05) is 11.5 Å². The van der Waals surface area contributed by atoms with Crippen LogP contribution in [0.5, 0.6) is 0 Å². The van der Waals surface area contributed by atoms with Gasteiger partial charge in [0.15, 0.2) is 0 Å². The maximum absolute atomic E-state index is 13.5. The van der Waals surface area contributed by atoms with Gasteiger partial charge in [-0.3, -0.25) is 9.59 Å². The summed E-state index contributed by atoms with van der Waals surface area (Å²) in [6, 6.07) is 0. The minimum atomic E-state index is -0.214. The van der Waals surface area contributed by atoms with Gasteiger partial charge >= 0.3 is 0 Å². The molecule has 0 unspecified atom stereocenters. The lowest BCUT2D eigenvalue weighted by atomic mass is 10.1. The molecule has 4 heterocycles. The van der Waals surface area contributed by atoms with Crippen molar-refractivity contribution in [3.05, 3.63) is 45.1 Å². The van der Waals surface area contributed by atoms with Crippen LogP contribution in [0, 0.1) is 6.92 Å². The number of hydrogen-bond acceptors (Lipinski definition) is 7. The highest BCUT2D eigenvalue weighted by molar-refractivity contribution is 6.10. The molecule has 3 aromatic heterocycles. The number of amides is 1. The van der Waals surface area contributed by atoms with Crippen molar-refractivity contribution in [2.75, 3.05) is 5.32 Å². The predicted molar refractivity (Wildman–Crippen MR) is 110 cm³/mol. The maximum Gasteiger partial charge on any atom is 0.258 e. The third-order valence-electron chi connectivity index (χ3n) is 5.94. The van der Waals surface area contributed by atoms with Gasteiger partial charge in [-0.05, 0) is 26.7 Å². The molecule has 1 saturated carbocycles. The van der Waals surface area contributed by atoms with E-state index in [1.165, 1.54) is 6.33 Å². The Balaban J connectivity index is 1.53. The molecule has 5 rings (SSSR count). The Bertz CT molecular complexity index is 1240. The number of nitrogens with zero attached hydrogens (tertiary/aromatic N) is 4. The standard InChI is InChI=1S/C21H24N6O3/c1-10(2)16-24-13-8-27(7-12(13)18(28)25-16)20(29)14-11(3)30-19-15(14)17(22-9-23-19)26-21(4)5-6-21/h9-10H,5-8H2,1-4H3,(H,22,23,26)(H,24,25,28). The zero-order valence-corrected chi connectivity index (χ0v) is 17.5. The third-order valence-corrected chi connectivity index (χ3v) is 5.94. The van der Waals surface area contributed by atoms with Crippen LogP contribution in [0.25, 0.3) is 11.1 Å². The largest absolute Gasteiger partial charge is 0.442 e. The van der Waals surface area contributed by atoms with Crippen molar-refractivity contribution in [1.82, 2.24) is 24.8 Å². The Hall–Kier alpha value is -3.23. The van der Waals surface area contributed by atoms with Crippen LogP contribution in [-0.2, 0) is 13.1 Å². The number of furan rings is 1. The average Bonchev–Trinajstić information content (AvgIpc) is 3.12. The number of carbonyl (C=O) groups is 1. The SMILES string of the molecule is Cc1oc2ncnc(NC3(C)CC3)c2c1C(=O)N1Cc2nc(C(C)C)[nH]c(=O)c2C1. The van der Waals surface area contributed by atoms with E-state index in [0.717, 1.165) is 12.8 Å². The van der Waals surface area contributed by atoms with Crippen LogP contribution in [0.3, 0.4) is 0 Å². The van der Waals surface area contributed by atoms with E-state index in [0.29, 0.717) is 45.3 Å². The van der Waals surface area contributed by atoms with Crippen LogP contribution in [-0.4, -0.2) is 36.3 Å². The van der Waals surface area contributed by atoms with Crippen LogP contribution >= 0.6 is 0 Å². The van der Waals surface area contributed by atoms with Gasteiger partial charge < -0.3 is 19.6 Å². The topological polar surface area (TPSA) is 117 Å². The summed E-state index contributed by atoms with van der Waals surface area (Å²) < 4.78 is 5.78. The Morgan fingerprint density at radius 2 is 2.07 bits per heavy atom. The molecule has 2 aliphatic rings. The van der Waals surface area contributed by atoms with Crippen molar-refractivity contribution in [1.29, 1.82) is 0 Å². The second-order valence-corrected chi connectivity index (χ2v) is 8.81. The van der Waals surface area contributed by atoms with Crippen molar-refractivity contribution in [3.8, 4) is 0 Å². The fourth-order valence-electron chi connectivity index (χ4n) is 3.86. The van der Waals surface area contributed by atoms with Crippen LogP contribution in [0.4, 0.5) is 5.82 Å². The molecule has 1 amide bonds. The minimum Gasteiger partial charge on any atom is -0.442 e. The molecule has 9 heteroatoms. The normalized spacial score (nSPS) is 16.9. The first-order chi connectivity index (χ1) is 14.3. The first kappa shape index (κ1) is 18.8. The molecule has 1 aliphatic carbocycles. The number of aryl methyl sites for hydroxylation is 1. The molecule has 2 N–H and O–H groups in total. The summed E-state index contributed by atoms with van der Waals surface area (Å²) in [5, 5.41) is 4.02. The lowest BCUT2D eigenvalue weighted by molar-refractivity contribution is 0.0750. The second-order valence-electron chi connectivity index (χ2n) is 8.81. The summed E-state index contributed by atoms with van der Waals surface area (Å²) in [7, 11) is 0. The van der Waals surface area contributed by atoms with Crippen LogP contribution in [0.1, 0.15) is 72.7 Å². The van der Waals surface area contributed by atoms with E-state index >= 15 is 0 Å². The van der Waals surface area contributed by atoms with Gasteiger partial charge in [-0.15, -0.1) is 0 Å². The minimum absolute atomic E-state index is 0.0128. The Kier molecular flexibility index (Phi) is 4.00. The number of carbonyl (C=O) groups excluding carboxylic acids is 1. The molecule has 1 fully saturated rings. The zero-order chi connectivity index (χ0) is 21.2. The highest BCUT2D eigenvalue weighted by atomic mass is 16.3. The quantitative estimate of drug-likeness (QED) is 0.682. The van der Waals surface area contributed by atoms with E-state index in [-0.39, 0.29) is 36.0 Å². The zero-order valence-electron chi connectivity index (χ0n) is 17.5.